The van der Waals surface area contributed by atoms with Crippen LogP contribution in [-0.2, 0) is 4.74 Å². The zero-order valence-electron chi connectivity index (χ0n) is 12.7. The van der Waals surface area contributed by atoms with Crippen molar-refractivity contribution in [3.63, 3.8) is 0 Å². The Morgan fingerprint density at radius 2 is 1.83 bits per heavy atom. The van der Waals surface area contributed by atoms with Crippen LogP contribution in [0, 0.1) is 6.92 Å². The van der Waals surface area contributed by atoms with Crippen LogP contribution < -0.4 is 5.32 Å². The molecule has 1 heterocycles. The summed E-state index contributed by atoms with van der Waals surface area (Å²) in [6.45, 7) is 1.83. The van der Waals surface area contributed by atoms with Crippen LogP contribution in [0.4, 0.5) is 5.69 Å². The van der Waals surface area contributed by atoms with Gasteiger partial charge in [-0.3, -0.25) is 4.79 Å². The molecule has 0 fully saturated rings. The Bertz CT molecular complexity index is 899. The number of nitrogens with one attached hydrogen (secondary N) is 2. The van der Waals surface area contributed by atoms with E-state index in [1.54, 1.807) is 36.4 Å². The highest BCUT2D eigenvalue weighted by atomic mass is 16.5. The SMILES string of the molecule is COC(=O)c1ccccc1NC(=O)c1cccc2[nH]c(C)nc12. The molecule has 0 radical (unpaired) electrons. The molecule has 0 atom stereocenters. The molecule has 3 rings (SSSR count). The Morgan fingerprint density at radius 3 is 2.61 bits per heavy atom. The van der Waals surface area contributed by atoms with E-state index in [9.17, 15) is 9.59 Å². The van der Waals surface area contributed by atoms with Gasteiger partial charge in [-0.1, -0.05) is 18.2 Å². The van der Waals surface area contributed by atoms with E-state index in [2.05, 4.69) is 15.3 Å². The van der Waals surface area contributed by atoms with Crippen molar-refractivity contribution in [2.45, 2.75) is 6.92 Å². The molecular formula is C17H15N3O3. The molecule has 3 aromatic rings. The fraction of sp³-hybridized carbons (Fsp3) is 0.118. The van der Waals surface area contributed by atoms with Crippen LogP contribution in [-0.4, -0.2) is 29.0 Å². The molecule has 0 saturated heterocycles. The summed E-state index contributed by atoms with van der Waals surface area (Å²) in [7, 11) is 1.30. The fourth-order valence-electron chi connectivity index (χ4n) is 2.41. The maximum atomic E-state index is 12.6. The second kappa shape index (κ2) is 5.92. The predicted molar refractivity (Wildman–Crippen MR) is 86.6 cm³/mol. The number of benzene rings is 2. The minimum absolute atomic E-state index is 0.300. The molecule has 0 aliphatic rings. The molecule has 2 aromatic carbocycles. The summed E-state index contributed by atoms with van der Waals surface area (Å²) in [6.07, 6.45) is 0. The van der Waals surface area contributed by atoms with Crippen molar-refractivity contribution in [1.82, 2.24) is 9.97 Å². The quantitative estimate of drug-likeness (QED) is 0.729. The molecule has 2 N–H and O–H groups in total. The largest absolute Gasteiger partial charge is 0.465 e. The van der Waals surface area contributed by atoms with E-state index in [0.717, 1.165) is 11.3 Å². The summed E-state index contributed by atoms with van der Waals surface area (Å²) in [5.74, 6) is -0.108. The fourth-order valence-corrected chi connectivity index (χ4v) is 2.41. The lowest BCUT2D eigenvalue weighted by Gasteiger charge is -2.09. The van der Waals surface area contributed by atoms with E-state index >= 15 is 0 Å². The maximum absolute atomic E-state index is 12.6. The molecule has 1 amide bonds. The smallest absolute Gasteiger partial charge is 0.339 e. The van der Waals surface area contributed by atoms with Gasteiger partial charge in [-0.15, -0.1) is 0 Å². The first-order valence-electron chi connectivity index (χ1n) is 7.04. The first-order chi connectivity index (χ1) is 11.1. The van der Waals surface area contributed by atoms with Gasteiger partial charge >= 0.3 is 5.97 Å². The monoisotopic (exact) mass is 309 g/mol. The Hall–Kier alpha value is -3.15. The zero-order valence-corrected chi connectivity index (χ0v) is 12.7. The van der Waals surface area contributed by atoms with Gasteiger partial charge in [-0.2, -0.15) is 0 Å². The average molecular weight is 309 g/mol. The number of amides is 1. The van der Waals surface area contributed by atoms with Gasteiger partial charge in [-0.05, 0) is 31.2 Å². The van der Waals surface area contributed by atoms with Gasteiger partial charge in [0.25, 0.3) is 5.91 Å². The number of esters is 1. The topological polar surface area (TPSA) is 84.1 Å². The summed E-state index contributed by atoms with van der Waals surface area (Å²) in [4.78, 5) is 31.8. The predicted octanol–water partition coefficient (Wildman–Crippen LogP) is 2.91. The molecule has 0 aliphatic carbocycles. The van der Waals surface area contributed by atoms with Crippen molar-refractivity contribution in [2.75, 3.05) is 12.4 Å². The lowest BCUT2D eigenvalue weighted by Crippen LogP contribution is -2.15. The maximum Gasteiger partial charge on any atom is 0.339 e. The number of imidazole rings is 1. The number of hydrogen-bond acceptors (Lipinski definition) is 4. The van der Waals surface area contributed by atoms with Crippen LogP contribution in [0.15, 0.2) is 42.5 Å². The highest BCUT2D eigenvalue weighted by Crippen LogP contribution is 2.20. The molecule has 0 aliphatic heterocycles. The second-order valence-corrected chi connectivity index (χ2v) is 5.02. The van der Waals surface area contributed by atoms with E-state index in [1.807, 2.05) is 13.0 Å². The number of ether oxygens (including phenoxy) is 1. The lowest BCUT2D eigenvalue weighted by molar-refractivity contribution is 0.0602. The Morgan fingerprint density at radius 1 is 1.09 bits per heavy atom. The minimum atomic E-state index is -0.505. The van der Waals surface area contributed by atoms with E-state index < -0.39 is 5.97 Å². The van der Waals surface area contributed by atoms with Crippen LogP contribution in [0.2, 0.25) is 0 Å². The van der Waals surface area contributed by atoms with Crippen LogP contribution in [0.1, 0.15) is 26.5 Å². The number of hydrogen-bond donors (Lipinski definition) is 2. The molecule has 0 saturated carbocycles. The Labute approximate surface area is 132 Å². The molecule has 23 heavy (non-hydrogen) atoms. The summed E-state index contributed by atoms with van der Waals surface area (Å²) in [5, 5.41) is 2.75. The van der Waals surface area contributed by atoms with Gasteiger partial charge in [0.1, 0.15) is 11.3 Å². The number of H-pyrrole nitrogens is 1. The zero-order chi connectivity index (χ0) is 16.4. The first kappa shape index (κ1) is 14.8. The number of carbonyl (C=O) groups excluding carboxylic acids is 2. The van der Waals surface area contributed by atoms with Crippen molar-refractivity contribution in [2.24, 2.45) is 0 Å². The standard InChI is InChI=1S/C17H15N3O3/c1-10-18-14-9-5-7-12(15(14)19-10)16(21)20-13-8-4-3-6-11(13)17(22)23-2/h3-9H,1-2H3,(H,18,19)(H,20,21). The molecule has 1 aromatic heterocycles. The number of para-hydroxylation sites is 2. The third-order valence-electron chi connectivity index (χ3n) is 3.46. The first-order valence-corrected chi connectivity index (χ1v) is 7.04. The summed E-state index contributed by atoms with van der Waals surface area (Å²) in [5.41, 5.74) is 2.52. The van der Waals surface area contributed by atoms with Crippen LogP contribution in [0.5, 0.6) is 0 Å². The van der Waals surface area contributed by atoms with Gasteiger partial charge in [0, 0.05) is 0 Å². The second-order valence-electron chi connectivity index (χ2n) is 5.02. The van der Waals surface area contributed by atoms with Gasteiger partial charge in [0.15, 0.2) is 0 Å². The minimum Gasteiger partial charge on any atom is -0.465 e. The lowest BCUT2D eigenvalue weighted by atomic mass is 10.1. The summed E-state index contributed by atoms with van der Waals surface area (Å²) >= 11 is 0. The van der Waals surface area contributed by atoms with Crippen molar-refractivity contribution in [3.8, 4) is 0 Å². The van der Waals surface area contributed by atoms with Crippen molar-refractivity contribution in [1.29, 1.82) is 0 Å². The van der Waals surface area contributed by atoms with E-state index in [1.165, 1.54) is 7.11 Å². The average Bonchev–Trinajstić information content (AvgIpc) is 2.94. The molecule has 0 spiro atoms. The van der Waals surface area contributed by atoms with Gasteiger partial charge in [0.05, 0.1) is 29.4 Å². The summed E-state index contributed by atoms with van der Waals surface area (Å²) in [6, 6.07) is 12.0. The van der Waals surface area contributed by atoms with Crippen molar-refractivity contribution < 1.29 is 14.3 Å². The van der Waals surface area contributed by atoms with Gasteiger partial charge in [-0.25, -0.2) is 9.78 Å². The number of methoxy groups -OCH3 is 1. The molecule has 6 heteroatoms. The highest BCUT2D eigenvalue weighted by Gasteiger charge is 2.17. The molecular weight excluding hydrogens is 294 g/mol. The number of rotatable bonds is 3. The third kappa shape index (κ3) is 2.78. The molecule has 0 unspecified atom stereocenters. The highest BCUT2D eigenvalue weighted by molar-refractivity contribution is 6.13. The van der Waals surface area contributed by atoms with Crippen molar-refractivity contribution >= 4 is 28.6 Å². The summed E-state index contributed by atoms with van der Waals surface area (Å²) < 4.78 is 4.73. The molecule has 116 valence electrons. The van der Waals surface area contributed by atoms with E-state index in [4.69, 9.17) is 4.74 Å². The Balaban J connectivity index is 1.97. The van der Waals surface area contributed by atoms with Gasteiger partial charge in [0.2, 0.25) is 0 Å². The number of aromatic amines is 1. The number of nitrogens with zero attached hydrogens (tertiary/aromatic N) is 1. The number of fused-ring (bicyclic) bond motifs is 1. The number of anilines is 1. The van der Waals surface area contributed by atoms with E-state index in [0.29, 0.717) is 22.3 Å². The number of aryl methyl sites for hydroxylation is 1. The Kier molecular flexibility index (Phi) is 3.80. The molecule has 6 nitrogen and oxygen atoms in total. The third-order valence-corrected chi connectivity index (χ3v) is 3.46. The van der Waals surface area contributed by atoms with Crippen LogP contribution in [0.25, 0.3) is 11.0 Å². The van der Waals surface area contributed by atoms with Gasteiger partial charge < -0.3 is 15.0 Å². The number of carbonyl (C=O) groups is 2. The van der Waals surface area contributed by atoms with E-state index in [-0.39, 0.29) is 5.91 Å². The van der Waals surface area contributed by atoms with Crippen LogP contribution >= 0.6 is 0 Å². The van der Waals surface area contributed by atoms with Crippen molar-refractivity contribution in [3.05, 3.63) is 59.4 Å². The molecule has 0 bridgehead atoms. The number of aromatic nitrogens is 2. The normalized spacial score (nSPS) is 10.5. The van der Waals surface area contributed by atoms with Crippen LogP contribution in [0.3, 0.4) is 0 Å².